The van der Waals surface area contributed by atoms with Crippen molar-refractivity contribution in [1.29, 1.82) is 0 Å². The predicted octanol–water partition coefficient (Wildman–Crippen LogP) is 17.5. The lowest BCUT2D eigenvalue weighted by Gasteiger charge is -2.45. The topological polar surface area (TPSA) is 6.48 Å². The van der Waals surface area contributed by atoms with Gasteiger partial charge in [-0.15, -0.1) is 11.3 Å². The standard InChI is InChI=1S/C67H79BN2S/c1-40-33-55-59-56(34-40)70(53-27-23-43(62(5,6)7)35-46(53)41-19-21-42(22-20-41)61(2,3)4)54-28-24-44(63(8,9)10)36-52(54)68(59)58-47-38-50-51(67(17,18)32-31-66(50,15)16)39-57(47)71-60(58)69(55)45-25-26-48-49(37-45)65(13,14)30-29-64(48,11)12/h19-28,33-39H,29-32H2,1-18H3. The van der Waals surface area contributed by atoms with Gasteiger partial charge in [-0.1, -0.05) is 166 Å². The molecule has 0 saturated carbocycles. The van der Waals surface area contributed by atoms with Crippen LogP contribution in [0.4, 0.5) is 33.4 Å². The second kappa shape index (κ2) is 15.5. The molecule has 2 nitrogen and oxygen atoms in total. The third-order valence-corrected chi connectivity index (χ3v) is 19.1. The van der Waals surface area contributed by atoms with E-state index in [1.54, 1.807) is 0 Å². The van der Waals surface area contributed by atoms with Gasteiger partial charge in [0.25, 0.3) is 6.71 Å². The van der Waals surface area contributed by atoms with Crippen LogP contribution in [0.15, 0.2) is 103 Å². The lowest BCUT2D eigenvalue weighted by Crippen LogP contribution is -2.61. The molecular formula is C67H79BN2S. The van der Waals surface area contributed by atoms with E-state index in [-0.39, 0.29) is 44.6 Å². The molecule has 2 aliphatic heterocycles. The summed E-state index contributed by atoms with van der Waals surface area (Å²) in [4.78, 5) is 5.40. The first-order valence-electron chi connectivity index (χ1n) is 26.9. The van der Waals surface area contributed by atoms with Crippen LogP contribution >= 0.6 is 11.3 Å². The highest BCUT2D eigenvalue weighted by molar-refractivity contribution is 7.26. The molecule has 0 saturated heterocycles. The maximum absolute atomic E-state index is 2.72. The molecule has 2 aliphatic carbocycles. The smallest absolute Gasteiger partial charge is 0.254 e. The SMILES string of the molecule is Cc1cc2c3c(c1)N(c1ccc4c(c1)C(C)(C)CCC4(C)C)c1sc4cc5c(cc4c1B3c1cc(C(C)(C)C)ccc1N2c1ccc(C(C)(C)C)cc1-c1ccc(C(C)(C)C)cc1)C(C)(C)CCC5(C)C. The van der Waals surface area contributed by atoms with Crippen molar-refractivity contribution in [2.75, 3.05) is 9.80 Å². The Morgan fingerprint density at radius 1 is 0.451 bits per heavy atom. The van der Waals surface area contributed by atoms with Crippen LogP contribution in [0.5, 0.6) is 0 Å². The molecular weight excluding hydrogens is 876 g/mol. The monoisotopic (exact) mass is 955 g/mol. The summed E-state index contributed by atoms with van der Waals surface area (Å²) in [5.41, 5.74) is 25.0. The van der Waals surface area contributed by atoms with Crippen molar-refractivity contribution in [3.05, 3.63) is 148 Å². The maximum Gasteiger partial charge on any atom is 0.254 e. The molecule has 0 radical (unpaired) electrons. The summed E-state index contributed by atoms with van der Waals surface area (Å²) in [5.74, 6) is 0. The molecule has 0 fully saturated rings. The minimum absolute atomic E-state index is 0.0217. The first kappa shape index (κ1) is 48.2. The van der Waals surface area contributed by atoms with Gasteiger partial charge in [-0.3, -0.25) is 0 Å². The van der Waals surface area contributed by atoms with Crippen molar-refractivity contribution in [2.24, 2.45) is 0 Å². The van der Waals surface area contributed by atoms with Gasteiger partial charge in [0, 0.05) is 33.0 Å². The van der Waals surface area contributed by atoms with Gasteiger partial charge in [-0.2, -0.15) is 0 Å². The number of hydrogen-bond acceptors (Lipinski definition) is 3. The molecule has 0 unspecified atom stereocenters. The number of thiophene rings is 1. The summed E-state index contributed by atoms with van der Waals surface area (Å²) in [6.07, 6.45) is 4.77. The number of hydrogen-bond donors (Lipinski definition) is 0. The summed E-state index contributed by atoms with van der Waals surface area (Å²) in [6.45, 7) is 43.3. The first-order chi connectivity index (χ1) is 33.0. The van der Waals surface area contributed by atoms with Gasteiger partial charge < -0.3 is 9.80 Å². The Labute approximate surface area is 432 Å². The quantitative estimate of drug-likeness (QED) is 0.163. The van der Waals surface area contributed by atoms with Crippen molar-refractivity contribution in [3.63, 3.8) is 0 Å². The van der Waals surface area contributed by atoms with Gasteiger partial charge >= 0.3 is 0 Å². The third kappa shape index (κ3) is 7.60. The van der Waals surface area contributed by atoms with Crippen molar-refractivity contribution < 1.29 is 0 Å². The Bertz CT molecular complexity index is 3330. The van der Waals surface area contributed by atoms with Crippen molar-refractivity contribution in [3.8, 4) is 11.1 Å². The van der Waals surface area contributed by atoms with E-state index in [2.05, 4.69) is 238 Å². The highest BCUT2D eigenvalue weighted by atomic mass is 32.1. The normalized spacial score (nSPS) is 18.4. The number of benzene rings is 6. The zero-order chi connectivity index (χ0) is 50.9. The lowest BCUT2D eigenvalue weighted by atomic mass is 9.33. The van der Waals surface area contributed by atoms with Gasteiger partial charge in [-0.25, -0.2) is 0 Å². The molecule has 7 aromatic rings. The number of aryl methyl sites for hydroxylation is 1. The van der Waals surface area contributed by atoms with E-state index in [0.717, 1.165) is 0 Å². The Kier molecular flexibility index (Phi) is 10.5. The average molecular weight is 955 g/mol. The van der Waals surface area contributed by atoms with Gasteiger partial charge in [0.15, 0.2) is 0 Å². The molecule has 1 aromatic heterocycles. The van der Waals surface area contributed by atoms with Crippen LogP contribution in [0.3, 0.4) is 0 Å². The molecule has 11 rings (SSSR count). The van der Waals surface area contributed by atoms with E-state index in [9.17, 15) is 0 Å². The van der Waals surface area contributed by atoms with E-state index in [1.807, 2.05) is 11.3 Å². The summed E-state index contributed by atoms with van der Waals surface area (Å²) in [6, 6.07) is 42.3. The summed E-state index contributed by atoms with van der Waals surface area (Å²) in [5, 5.41) is 2.80. The first-order valence-corrected chi connectivity index (χ1v) is 27.7. The van der Waals surface area contributed by atoms with Gasteiger partial charge in [0.1, 0.15) is 0 Å². The lowest BCUT2D eigenvalue weighted by molar-refractivity contribution is 0.332. The van der Waals surface area contributed by atoms with Crippen LogP contribution in [-0.4, -0.2) is 6.71 Å². The fraction of sp³-hybridized carbons (Fsp3) is 0.433. The average Bonchev–Trinajstić information content (AvgIpc) is 3.66. The minimum atomic E-state index is -0.0385. The third-order valence-electron chi connectivity index (χ3n) is 17.9. The van der Waals surface area contributed by atoms with E-state index in [4.69, 9.17) is 0 Å². The molecule has 0 atom stereocenters. The van der Waals surface area contributed by atoms with Gasteiger partial charge in [-0.05, 0) is 197 Å². The van der Waals surface area contributed by atoms with E-state index in [0.29, 0.717) is 0 Å². The van der Waals surface area contributed by atoms with Crippen LogP contribution in [0.1, 0.15) is 188 Å². The Morgan fingerprint density at radius 3 is 1.52 bits per heavy atom. The molecule has 4 heteroatoms. The van der Waals surface area contributed by atoms with Gasteiger partial charge in [0.2, 0.25) is 0 Å². The van der Waals surface area contributed by atoms with E-state index in [1.165, 1.54) is 141 Å². The fourth-order valence-electron chi connectivity index (χ4n) is 13.0. The van der Waals surface area contributed by atoms with Crippen molar-refractivity contribution in [2.45, 2.75) is 188 Å². The highest BCUT2D eigenvalue weighted by Crippen LogP contribution is 2.55. The molecule has 366 valence electrons. The highest BCUT2D eigenvalue weighted by Gasteiger charge is 2.48. The largest absolute Gasteiger partial charge is 0.311 e. The zero-order valence-electron chi connectivity index (χ0n) is 46.5. The molecule has 0 spiro atoms. The van der Waals surface area contributed by atoms with Crippen LogP contribution in [0, 0.1) is 6.92 Å². The Hall–Kier alpha value is -5.06. The number of rotatable bonds is 3. The van der Waals surface area contributed by atoms with Crippen LogP contribution in [0.25, 0.3) is 21.2 Å². The molecule has 4 aliphatic rings. The number of fused-ring (bicyclic) bond motifs is 8. The van der Waals surface area contributed by atoms with E-state index < -0.39 is 0 Å². The molecule has 6 aromatic carbocycles. The number of nitrogens with zero attached hydrogens (tertiary/aromatic N) is 2. The molecule has 0 amide bonds. The molecule has 0 N–H and O–H groups in total. The van der Waals surface area contributed by atoms with Crippen molar-refractivity contribution >= 4 is 78.0 Å². The van der Waals surface area contributed by atoms with Crippen LogP contribution < -0.4 is 26.2 Å². The predicted molar refractivity (Wildman–Crippen MR) is 313 cm³/mol. The Balaban J connectivity index is 1.26. The summed E-state index contributed by atoms with van der Waals surface area (Å²) >= 11 is 2.03. The molecule has 71 heavy (non-hydrogen) atoms. The number of anilines is 6. The van der Waals surface area contributed by atoms with Crippen LogP contribution in [0.2, 0.25) is 0 Å². The second-order valence-electron chi connectivity index (χ2n) is 28.1. The van der Waals surface area contributed by atoms with Gasteiger partial charge in [0.05, 0.1) is 10.7 Å². The molecule has 3 heterocycles. The summed E-state index contributed by atoms with van der Waals surface area (Å²) < 4.78 is 1.41. The minimum Gasteiger partial charge on any atom is -0.311 e. The van der Waals surface area contributed by atoms with Crippen LogP contribution in [-0.2, 0) is 37.9 Å². The van der Waals surface area contributed by atoms with E-state index >= 15 is 0 Å². The summed E-state index contributed by atoms with van der Waals surface area (Å²) in [7, 11) is 0. The zero-order valence-corrected chi connectivity index (χ0v) is 47.3. The maximum atomic E-state index is 2.72. The fourth-order valence-corrected chi connectivity index (χ4v) is 14.3. The Morgan fingerprint density at radius 2 is 0.944 bits per heavy atom. The second-order valence-corrected chi connectivity index (χ2v) is 29.2. The van der Waals surface area contributed by atoms with Crippen molar-refractivity contribution in [1.82, 2.24) is 0 Å². The molecule has 0 bridgehead atoms.